The van der Waals surface area contributed by atoms with Gasteiger partial charge in [0.2, 0.25) is 5.91 Å². The third kappa shape index (κ3) is 4.29. The summed E-state index contributed by atoms with van der Waals surface area (Å²) in [5.74, 6) is -1.08. The first kappa shape index (κ1) is 17.3. The molecule has 1 aromatic carbocycles. The van der Waals surface area contributed by atoms with Gasteiger partial charge in [0.15, 0.2) is 6.61 Å². The Bertz CT molecular complexity index is 686. The first-order valence-corrected chi connectivity index (χ1v) is 8.48. The molecule has 0 bridgehead atoms. The summed E-state index contributed by atoms with van der Waals surface area (Å²) in [4.78, 5) is 36.7. The van der Waals surface area contributed by atoms with Crippen LogP contribution in [0.3, 0.4) is 0 Å². The van der Waals surface area contributed by atoms with Crippen molar-refractivity contribution in [1.82, 2.24) is 4.90 Å². The SMILES string of the molecule is C[C@@H]1CN(C(=O)COc2cccc(NC(=O)C3CC3)c2)C[C@H]1C(=O)O. The van der Waals surface area contributed by atoms with Crippen LogP contribution in [0.25, 0.3) is 0 Å². The van der Waals surface area contributed by atoms with Gasteiger partial charge in [0.25, 0.3) is 5.91 Å². The molecule has 2 amide bonds. The highest BCUT2D eigenvalue weighted by molar-refractivity contribution is 5.94. The van der Waals surface area contributed by atoms with Gasteiger partial charge in [-0.1, -0.05) is 13.0 Å². The number of nitrogens with zero attached hydrogens (tertiary/aromatic N) is 1. The minimum absolute atomic E-state index is 0.0130. The topological polar surface area (TPSA) is 95.9 Å². The second kappa shape index (κ2) is 7.13. The monoisotopic (exact) mass is 346 g/mol. The number of amides is 2. The Kier molecular flexibility index (Phi) is 4.92. The van der Waals surface area contributed by atoms with Crippen molar-refractivity contribution in [2.75, 3.05) is 25.0 Å². The van der Waals surface area contributed by atoms with Crippen molar-refractivity contribution in [3.8, 4) is 5.75 Å². The number of hydrogen-bond donors (Lipinski definition) is 2. The van der Waals surface area contributed by atoms with E-state index in [1.165, 1.54) is 4.90 Å². The van der Waals surface area contributed by atoms with Gasteiger partial charge in [-0.15, -0.1) is 0 Å². The lowest BCUT2D eigenvalue weighted by atomic mass is 9.99. The zero-order chi connectivity index (χ0) is 18.0. The standard InChI is InChI=1S/C18H22N2O5/c1-11-8-20(9-15(11)18(23)24)16(21)10-25-14-4-2-3-13(7-14)19-17(22)12-5-6-12/h2-4,7,11-12,15H,5-6,8-10H2,1H3,(H,19,22)(H,23,24)/t11-,15-/m1/s1. The predicted molar refractivity (Wildman–Crippen MR) is 90.2 cm³/mol. The number of carbonyl (C=O) groups is 3. The molecule has 2 atom stereocenters. The van der Waals surface area contributed by atoms with Crippen LogP contribution in [0.5, 0.6) is 5.75 Å². The molecule has 1 heterocycles. The minimum atomic E-state index is -0.872. The van der Waals surface area contributed by atoms with E-state index in [-0.39, 0.29) is 36.8 Å². The Hall–Kier alpha value is -2.57. The molecule has 1 aromatic rings. The number of nitrogens with one attached hydrogen (secondary N) is 1. The molecule has 0 spiro atoms. The first-order valence-electron chi connectivity index (χ1n) is 8.48. The summed E-state index contributed by atoms with van der Waals surface area (Å²) < 4.78 is 5.52. The Morgan fingerprint density at radius 2 is 2.04 bits per heavy atom. The Morgan fingerprint density at radius 1 is 1.28 bits per heavy atom. The molecule has 7 nitrogen and oxygen atoms in total. The van der Waals surface area contributed by atoms with E-state index in [1.807, 2.05) is 6.92 Å². The summed E-state index contributed by atoms with van der Waals surface area (Å²) in [5.41, 5.74) is 0.641. The van der Waals surface area contributed by atoms with E-state index in [4.69, 9.17) is 9.84 Å². The van der Waals surface area contributed by atoms with E-state index in [0.29, 0.717) is 18.0 Å². The molecule has 2 aliphatic rings. The zero-order valence-electron chi connectivity index (χ0n) is 14.1. The third-order valence-electron chi connectivity index (χ3n) is 4.69. The smallest absolute Gasteiger partial charge is 0.308 e. The number of ether oxygens (including phenoxy) is 1. The number of carboxylic acid groups (broad SMARTS) is 1. The average molecular weight is 346 g/mol. The molecular weight excluding hydrogens is 324 g/mol. The maximum absolute atomic E-state index is 12.2. The largest absolute Gasteiger partial charge is 0.484 e. The number of carbonyl (C=O) groups excluding carboxylic acids is 2. The number of aliphatic carboxylic acids is 1. The Balaban J connectivity index is 1.52. The molecule has 2 N–H and O–H groups in total. The molecule has 0 aromatic heterocycles. The number of rotatable bonds is 6. The molecule has 7 heteroatoms. The van der Waals surface area contributed by atoms with E-state index in [2.05, 4.69) is 5.32 Å². The van der Waals surface area contributed by atoms with Gasteiger partial charge in [0.05, 0.1) is 5.92 Å². The van der Waals surface area contributed by atoms with E-state index in [0.717, 1.165) is 12.8 Å². The van der Waals surface area contributed by atoms with Crippen molar-refractivity contribution in [2.24, 2.45) is 17.8 Å². The molecule has 1 aliphatic heterocycles. The molecule has 1 aliphatic carbocycles. The average Bonchev–Trinajstić information content (AvgIpc) is 3.35. The van der Waals surface area contributed by atoms with Crippen LogP contribution >= 0.6 is 0 Å². The van der Waals surface area contributed by atoms with Crippen LogP contribution in [0.1, 0.15) is 19.8 Å². The Labute approximate surface area is 146 Å². The van der Waals surface area contributed by atoms with Crippen LogP contribution in [0.2, 0.25) is 0 Å². The quantitative estimate of drug-likeness (QED) is 0.815. The maximum atomic E-state index is 12.2. The molecule has 0 radical (unpaired) electrons. The lowest BCUT2D eigenvalue weighted by Crippen LogP contribution is -2.33. The fraction of sp³-hybridized carbons (Fsp3) is 0.500. The van der Waals surface area contributed by atoms with Gasteiger partial charge < -0.3 is 20.1 Å². The number of anilines is 1. The maximum Gasteiger partial charge on any atom is 0.308 e. The number of hydrogen-bond acceptors (Lipinski definition) is 4. The summed E-state index contributed by atoms with van der Waals surface area (Å²) in [6.45, 7) is 2.32. The van der Waals surface area contributed by atoms with Gasteiger partial charge in [0, 0.05) is 30.8 Å². The normalized spacial score (nSPS) is 22.5. The number of carboxylic acids is 1. The second-order valence-corrected chi connectivity index (χ2v) is 6.80. The van der Waals surface area contributed by atoms with E-state index >= 15 is 0 Å². The van der Waals surface area contributed by atoms with Gasteiger partial charge >= 0.3 is 5.97 Å². The fourth-order valence-electron chi connectivity index (χ4n) is 2.98. The van der Waals surface area contributed by atoms with Crippen molar-refractivity contribution in [1.29, 1.82) is 0 Å². The number of likely N-dealkylation sites (tertiary alicyclic amines) is 1. The van der Waals surface area contributed by atoms with E-state index in [1.54, 1.807) is 24.3 Å². The lowest BCUT2D eigenvalue weighted by molar-refractivity contribution is -0.142. The minimum Gasteiger partial charge on any atom is -0.484 e. The summed E-state index contributed by atoms with van der Waals surface area (Å²) in [7, 11) is 0. The van der Waals surface area contributed by atoms with Crippen molar-refractivity contribution in [3.63, 3.8) is 0 Å². The highest BCUT2D eigenvalue weighted by atomic mass is 16.5. The summed E-state index contributed by atoms with van der Waals surface area (Å²) in [6.07, 6.45) is 1.87. The van der Waals surface area contributed by atoms with Gasteiger partial charge in [-0.25, -0.2) is 0 Å². The lowest BCUT2D eigenvalue weighted by Gasteiger charge is -2.16. The van der Waals surface area contributed by atoms with Gasteiger partial charge in [-0.3, -0.25) is 14.4 Å². The molecule has 134 valence electrons. The van der Waals surface area contributed by atoms with Gasteiger partial charge in [-0.05, 0) is 30.9 Å². The van der Waals surface area contributed by atoms with E-state index < -0.39 is 11.9 Å². The molecule has 0 unspecified atom stereocenters. The highest BCUT2D eigenvalue weighted by Gasteiger charge is 2.37. The summed E-state index contributed by atoms with van der Waals surface area (Å²) in [5, 5.41) is 12.0. The van der Waals surface area contributed by atoms with Crippen molar-refractivity contribution in [3.05, 3.63) is 24.3 Å². The first-order chi connectivity index (χ1) is 11.9. The molecule has 3 rings (SSSR count). The highest BCUT2D eigenvalue weighted by Crippen LogP contribution is 2.30. The fourth-order valence-corrected chi connectivity index (χ4v) is 2.98. The van der Waals surface area contributed by atoms with Crippen LogP contribution in [-0.4, -0.2) is 47.5 Å². The van der Waals surface area contributed by atoms with E-state index in [9.17, 15) is 14.4 Å². The second-order valence-electron chi connectivity index (χ2n) is 6.80. The van der Waals surface area contributed by atoms with Crippen LogP contribution in [-0.2, 0) is 14.4 Å². The summed E-state index contributed by atoms with van der Waals surface area (Å²) >= 11 is 0. The van der Waals surface area contributed by atoms with Crippen molar-refractivity contribution < 1.29 is 24.2 Å². The molecule has 1 saturated heterocycles. The number of benzene rings is 1. The molecule has 2 fully saturated rings. The van der Waals surface area contributed by atoms with Crippen LogP contribution in [0, 0.1) is 17.8 Å². The molecule has 1 saturated carbocycles. The van der Waals surface area contributed by atoms with Crippen LogP contribution < -0.4 is 10.1 Å². The van der Waals surface area contributed by atoms with Crippen molar-refractivity contribution in [2.45, 2.75) is 19.8 Å². The molecule has 25 heavy (non-hydrogen) atoms. The molecular formula is C18H22N2O5. The van der Waals surface area contributed by atoms with Crippen LogP contribution in [0.4, 0.5) is 5.69 Å². The van der Waals surface area contributed by atoms with Gasteiger partial charge in [-0.2, -0.15) is 0 Å². The predicted octanol–water partition coefficient (Wildman–Crippen LogP) is 1.59. The van der Waals surface area contributed by atoms with Crippen LogP contribution in [0.15, 0.2) is 24.3 Å². The zero-order valence-corrected chi connectivity index (χ0v) is 14.1. The third-order valence-corrected chi connectivity index (χ3v) is 4.69. The Morgan fingerprint density at radius 3 is 2.68 bits per heavy atom. The summed E-state index contributed by atoms with van der Waals surface area (Å²) in [6, 6.07) is 6.92. The van der Waals surface area contributed by atoms with Gasteiger partial charge in [0.1, 0.15) is 5.75 Å². The van der Waals surface area contributed by atoms with Crippen molar-refractivity contribution >= 4 is 23.5 Å².